The molecular weight excluding hydrogens is 412 g/mol. The molecule has 4 nitrogen and oxygen atoms in total. The third-order valence-corrected chi connectivity index (χ3v) is 4.47. The van der Waals surface area contributed by atoms with Gasteiger partial charge in [0, 0.05) is 23.4 Å². The van der Waals surface area contributed by atoms with Gasteiger partial charge in [0.15, 0.2) is 0 Å². The van der Waals surface area contributed by atoms with E-state index in [1.165, 1.54) is 42.5 Å². The average molecular weight is 430 g/mol. The smallest absolute Gasteiger partial charge is 0.352 e. The van der Waals surface area contributed by atoms with E-state index in [2.05, 4.69) is 10.6 Å². The molecule has 8 heteroatoms. The lowest BCUT2D eigenvalue weighted by atomic mass is 10.1. The largest absolute Gasteiger partial charge is 0.416 e. The molecule has 2 amide bonds. The van der Waals surface area contributed by atoms with Crippen LogP contribution in [-0.4, -0.2) is 18.4 Å². The second-order valence-corrected chi connectivity index (χ2v) is 6.74. The Bertz CT molecular complexity index is 1060. The number of carbonyl (C=O) groups excluding carboxylic acids is 2. The van der Waals surface area contributed by atoms with Crippen molar-refractivity contribution in [2.75, 3.05) is 11.9 Å². The number of alkyl halides is 3. The second-order valence-electron chi connectivity index (χ2n) is 6.74. The Hall–Kier alpha value is -3.68. The minimum atomic E-state index is -4.39. The number of amides is 2. The van der Waals surface area contributed by atoms with Crippen molar-refractivity contribution in [1.82, 2.24) is 5.32 Å². The Labute approximate surface area is 175 Å². The molecule has 3 rings (SSSR count). The molecule has 160 valence electrons. The summed E-state index contributed by atoms with van der Waals surface area (Å²) in [5.41, 5.74) is 0.912. The molecular formula is C23H18F4N2O2. The lowest BCUT2D eigenvalue weighted by Crippen LogP contribution is -2.25. The van der Waals surface area contributed by atoms with Crippen LogP contribution in [0.5, 0.6) is 0 Å². The van der Waals surface area contributed by atoms with Gasteiger partial charge in [-0.05, 0) is 66.6 Å². The molecule has 2 N–H and O–H groups in total. The second kappa shape index (κ2) is 9.42. The Morgan fingerprint density at radius 2 is 1.48 bits per heavy atom. The van der Waals surface area contributed by atoms with Gasteiger partial charge in [-0.25, -0.2) is 4.39 Å². The maximum Gasteiger partial charge on any atom is 0.416 e. The third-order valence-electron chi connectivity index (χ3n) is 4.47. The van der Waals surface area contributed by atoms with Crippen LogP contribution in [-0.2, 0) is 12.6 Å². The topological polar surface area (TPSA) is 58.2 Å². The van der Waals surface area contributed by atoms with E-state index in [-0.39, 0.29) is 18.0 Å². The summed E-state index contributed by atoms with van der Waals surface area (Å²) in [7, 11) is 0. The monoisotopic (exact) mass is 430 g/mol. The SMILES string of the molecule is O=C(NCCc1ccc(C(F)(F)F)cc1)c1cccc(NC(=O)c2ccc(F)cc2)c1. The predicted octanol–water partition coefficient (Wildman–Crippen LogP) is 5.07. The van der Waals surface area contributed by atoms with Gasteiger partial charge >= 0.3 is 6.18 Å². The fraction of sp³-hybridized carbons (Fsp3) is 0.130. The number of hydrogen-bond acceptors (Lipinski definition) is 2. The summed E-state index contributed by atoms with van der Waals surface area (Å²) in [5, 5.41) is 5.33. The standard InChI is InChI=1S/C23H18F4N2O2/c24-19-10-6-16(7-11-19)22(31)29-20-3-1-2-17(14-20)21(30)28-13-12-15-4-8-18(9-5-15)23(25,26)27/h1-11,14H,12-13H2,(H,28,30)(H,29,31). The van der Waals surface area contributed by atoms with Crippen LogP contribution in [0.15, 0.2) is 72.8 Å². The number of hydrogen-bond donors (Lipinski definition) is 2. The van der Waals surface area contributed by atoms with Gasteiger partial charge in [-0.2, -0.15) is 13.2 Å². The molecule has 0 aliphatic carbocycles. The molecule has 0 radical (unpaired) electrons. The van der Waals surface area contributed by atoms with E-state index >= 15 is 0 Å². The average Bonchev–Trinajstić information content (AvgIpc) is 2.74. The summed E-state index contributed by atoms with van der Waals surface area (Å²) < 4.78 is 50.7. The minimum Gasteiger partial charge on any atom is -0.352 e. The van der Waals surface area contributed by atoms with E-state index < -0.39 is 23.5 Å². The summed E-state index contributed by atoms with van der Waals surface area (Å²) in [6.45, 7) is 0.233. The van der Waals surface area contributed by atoms with Gasteiger partial charge in [-0.3, -0.25) is 9.59 Å². The maximum atomic E-state index is 13.0. The van der Waals surface area contributed by atoms with Gasteiger partial charge in [0.25, 0.3) is 11.8 Å². The molecule has 0 aromatic heterocycles. The Morgan fingerprint density at radius 1 is 0.806 bits per heavy atom. The van der Waals surface area contributed by atoms with Crippen molar-refractivity contribution in [3.05, 3.63) is 101 Å². The first-order valence-corrected chi connectivity index (χ1v) is 9.34. The fourth-order valence-electron chi connectivity index (χ4n) is 2.83. The molecule has 0 heterocycles. The molecule has 0 aliphatic heterocycles. The molecule has 31 heavy (non-hydrogen) atoms. The number of halogens is 4. The van der Waals surface area contributed by atoms with Crippen LogP contribution in [0.1, 0.15) is 31.8 Å². The van der Waals surface area contributed by atoms with Crippen molar-refractivity contribution in [2.24, 2.45) is 0 Å². The highest BCUT2D eigenvalue weighted by molar-refractivity contribution is 6.05. The lowest BCUT2D eigenvalue weighted by Gasteiger charge is -2.10. The molecule has 3 aromatic rings. The highest BCUT2D eigenvalue weighted by atomic mass is 19.4. The van der Waals surface area contributed by atoms with Crippen molar-refractivity contribution in [3.63, 3.8) is 0 Å². The van der Waals surface area contributed by atoms with E-state index in [9.17, 15) is 27.2 Å². The van der Waals surface area contributed by atoms with Gasteiger partial charge in [-0.1, -0.05) is 18.2 Å². The van der Waals surface area contributed by atoms with Crippen molar-refractivity contribution in [1.29, 1.82) is 0 Å². The number of rotatable bonds is 6. The molecule has 3 aromatic carbocycles. The minimum absolute atomic E-state index is 0.233. The zero-order valence-electron chi connectivity index (χ0n) is 16.2. The number of benzene rings is 3. The first-order chi connectivity index (χ1) is 14.7. The van der Waals surface area contributed by atoms with E-state index in [1.54, 1.807) is 18.2 Å². The van der Waals surface area contributed by atoms with E-state index in [1.807, 2.05) is 0 Å². The van der Waals surface area contributed by atoms with Gasteiger partial charge in [-0.15, -0.1) is 0 Å². The molecule has 0 aliphatic rings. The van der Waals surface area contributed by atoms with E-state index in [4.69, 9.17) is 0 Å². The van der Waals surface area contributed by atoms with Crippen LogP contribution >= 0.6 is 0 Å². The maximum absolute atomic E-state index is 13.0. The lowest BCUT2D eigenvalue weighted by molar-refractivity contribution is -0.137. The van der Waals surface area contributed by atoms with Gasteiger partial charge in [0.05, 0.1) is 5.56 Å². The van der Waals surface area contributed by atoms with Crippen LogP contribution in [0.3, 0.4) is 0 Å². The molecule has 0 saturated heterocycles. The quantitative estimate of drug-likeness (QED) is 0.537. The summed E-state index contributed by atoms with van der Waals surface area (Å²) >= 11 is 0. The van der Waals surface area contributed by atoms with Crippen LogP contribution in [0.2, 0.25) is 0 Å². The first kappa shape index (κ1) is 22.0. The Kier molecular flexibility index (Phi) is 6.69. The molecule has 0 fully saturated rings. The van der Waals surface area contributed by atoms with Crippen molar-refractivity contribution >= 4 is 17.5 Å². The number of carbonyl (C=O) groups is 2. The number of nitrogens with one attached hydrogen (secondary N) is 2. The first-order valence-electron chi connectivity index (χ1n) is 9.34. The van der Waals surface area contributed by atoms with Crippen molar-refractivity contribution in [2.45, 2.75) is 12.6 Å². The number of anilines is 1. The van der Waals surface area contributed by atoms with Gasteiger partial charge in [0.1, 0.15) is 5.82 Å². The summed E-state index contributed by atoms with van der Waals surface area (Å²) in [4.78, 5) is 24.6. The fourth-order valence-corrected chi connectivity index (χ4v) is 2.83. The van der Waals surface area contributed by atoms with Gasteiger partial charge < -0.3 is 10.6 Å². The van der Waals surface area contributed by atoms with Crippen LogP contribution in [0, 0.1) is 5.82 Å². The molecule has 0 bridgehead atoms. The molecule has 0 spiro atoms. The van der Waals surface area contributed by atoms with E-state index in [0.717, 1.165) is 12.1 Å². The van der Waals surface area contributed by atoms with Crippen LogP contribution < -0.4 is 10.6 Å². The normalized spacial score (nSPS) is 11.1. The van der Waals surface area contributed by atoms with E-state index in [0.29, 0.717) is 23.2 Å². The molecule has 0 atom stereocenters. The molecule has 0 saturated carbocycles. The molecule has 0 unspecified atom stereocenters. The van der Waals surface area contributed by atoms with Crippen LogP contribution in [0.4, 0.5) is 23.2 Å². The Balaban J connectivity index is 1.55. The summed E-state index contributed by atoms with van der Waals surface area (Å²) in [6.07, 6.45) is -4.02. The van der Waals surface area contributed by atoms with Crippen LogP contribution in [0.25, 0.3) is 0 Å². The van der Waals surface area contributed by atoms with Crippen molar-refractivity contribution in [3.8, 4) is 0 Å². The van der Waals surface area contributed by atoms with Gasteiger partial charge in [0.2, 0.25) is 0 Å². The highest BCUT2D eigenvalue weighted by Crippen LogP contribution is 2.29. The van der Waals surface area contributed by atoms with Crippen molar-refractivity contribution < 1.29 is 27.2 Å². The zero-order valence-corrected chi connectivity index (χ0v) is 16.2. The third kappa shape index (κ3) is 6.15. The zero-order chi connectivity index (χ0) is 22.4. The summed E-state index contributed by atoms with van der Waals surface area (Å²) in [5.74, 6) is -1.28. The summed E-state index contributed by atoms with van der Waals surface area (Å²) in [6, 6.07) is 16.1. The Morgan fingerprint density at radius 3 is 2.13 bits per heavy atom. The highest BCUT2D eigenvalue weighted by Gasteiger charge is 2.29. The predicted molar refractivity (Wildman–Crippen MR) is 108 cm³/mol.